The molecule has 0 aromatic heterocycles. The van der Waals surface area contributed by atoms with Gasteiger partial charge in [-0.15, -0.1) is 0 Å². The van der Waals surface area contributed by atoms with Crippen LogP contribution in [0.3, 0.4) is 0 Å². The van der Waals surface area contributed by atoms with E-state index >= 15 is 0 Å². The molecule has 1 aromatic rings. The van der Waals surface area contributed by atoms with Crippen molar-refractivity contribution < 1.29 is 4.92 Å². The third-order valence-corrected chi connectivity index (χ3v) is 2.67. The molecule has 4 nitrogen and oxygen atoms in total. The lowest BCUT2D eigenvalue weighted by Gasteiger charge is -2.01. The summed E-state index contributed by atoms with van der Waals surface area (Å²) in [4.78, 5) is 10.0. The minimum Gasteiger partial charge on any atom is -0.330 e. The Morgan fingerprint density at radius 1 is 1.54 bits per heavy atom. The van der Waals surface area contributed by atoms with E-state index in [0.717, 1.165) is 15.6 Å². The van der Waals surface area contributed by atoms with E-state index in [1.54, 1.807) is 12.1 Å². The monoisotopic (exact) mass is 292 g/mol. The molecule has 13 heavy (non-hydrogen) atoms. The summed E-state index contributed by atoms with van der Waals surface area (Å²) in [5.41, 5.74) is 6.58. The van der Waals surface area contributed by atoms with Crippen molar-refractivity contribution >= 4 is 28.3 Å². The fourth-order valence-electron chi connectivity index (χ4n) is 1.01. The molecule has 0 saturated carbocycles. The average Bonchev–Trinajstić information content (AvgIpc) is 2.08. The molecule has 0 amide bonds. The van der Waals surface area contributed by atoms with Crippen LogP contribution >= 0.6 is 22.6 Å². The van der Waals surface area contributed by atoms with Crippen LogP contribution in [0, 0.1) is 13.7 Å². The zero-order valence-corrected chi connectivity index (χ0v) is 9.02. The van der Waals surface area contributed by atoms with E-state index in [-0.39, 0.29) is 5.69 Å². The quantitative estimate of drug-likeness (QED) is 0.523. The summed E-state index contributed by atoms with van der Waals surface area (Å²) < 4.78 is 0.900. The first kappa shape index (κ1) is 10.4. The fourth-order valence-corrected chi connectivity index (χ4v) is 1.78. The van der Waals surface area contributed by atoms with Crippen molar-refractivity contribution in [3.8, 4) is 0 Å². The van der Waals surface area contributed by atoms with Gasteiger partial charge in [-0.25, -0.2) is 0 Å². The van der Waals surface area contributed by atoms with Crippen molar-refractivity contribution in [3.05, 3.63) is 37.4 Å². The van der Waals surface area contributed by atoms with Crippen LogP contribution in [0.25, 0.3) is 0 Å². The molecule has 5 heteroatoms. The van der Waals surface area contributed by atoms with Crippen LogP contribution in [-0.2, 0) is 6.42 Å². The molecule has 0 saturated heterocycles. The zero-order chi connectivity index (χ0) is 9.84. The van der Waals surface area contributed by atoms with Gasteiger partial charge < -0.3 is 5.73 Å². The van der Waals surface area contributed by atoms with E-state index in [1.165, 1.54) is 6.07 Å². The van der Waals surface area contributed by atoms with Crippen LogP contribution in [0.5, 0.6) is 0 Å². The summed E-state index contributed by atoms with van der Waals surface area (Å²) >= 11 is 2.08. The lowest BCUT2D eigenvalue weighted by Crippen LogP contribution is -2.04. The molecule has 70 valence electrons. The molecule has 0 fully saturated rings. The number of halogens is 1. The van der Waals surface area contributed by atoms with Gasteiger partial charge in [0, 0.05) is 15.7 Å². The molecule has 0 atom stereocenters. The summed E-state index contributed by atoms with van der Waals surface area (Å²) in [5, 5.41) is 10.4. The molecular weight excluding hydrogens is 283 g/mol. The Labute approximate surface area is 89.4 Å². The number of nitro groups is 1. The van der Waals surface area contributed by atoms with Crippen LogP contribution < -0.4 is 5.73 Å². The van der Waals surface area contributed by atoms with Gasteiger partial charge in [-0.05, 0) is 41.1 Å². The highest BCUT2D eigenvalue weighted by Crippen LogP contribution is 2.19. The van der Waals surface area contributed by atoms with Gasteiger partial charge in [0.1, 0.15) is 0 Å². The van der Waals surface area contributed by atoms with Gasteiger partial charge in [0.25, 0.3) is 5.69 Å². The number of hydrogen-bond donors (Lipinski definition) is 1. The predicted octanol–water partition coefficient (Wildman–Crippen LogP) is 1.70. The lowest BCUT2D eigenvalue weighted by molar-refractivity contribution is -0.385. The summed E-state index contributed by atoms with van der Waals surface area (Å²) in [7, 11) is 0. The first-order valence-corrected chi connectivity index (χ1v) is 4.86. The molecule has 0 aliphatic carbocycles. The van der Waals surface area contributed by atoms with Gasteiger partial charge >= 0.3 is 0 Å². The molecule has 1 rings (SSSR count). The molecule has 0 aliphatic heterocycles. The number of nitro benzene ring substituents is 1. The number of rotatable bonds is 3. The summed E-state index contributed by atoms with van der Waals surface area (Å²) in [6.45, 7) is 0.563. The fraction of sp³-hybridized carbons (Fsp3) is 0.250. The first-order chi connectivity index (χ1) is 6.15. The van der Waals surface area contributed by atoms with E-state index in [9.17, 15) is 10.1 Å². The third-order valence-electron chi connectivity index (χ3n) is 1.66. The van der Waals surface area contributed by atoms with Crippen molar-refractivity contribution in [3.63, 3.8) is 0 Å². The van der Waals surface area contributed by atoms with Gasteiger partial charge in [-0.3, -0.25) is 10.1 Å². The molecular formula is C8H9IN2O2. The van der Waals surface area contributed by atoms with Crippen molar-refractivity contribution in [2.24, 2.45) is 5.73 Å². The first-order valence-electron chi connectivity index (χ1n) is 3.78. The topological polar surface area (TPSA) is 69.2 Å². The minimum atomic E-state index is -0.394. The average molecular weight is 292 g/mol. The second-order valence-electron chi connectivity index (χ2n) is 2.57. The molecule has 0 aliphatic rings. The molecule has 0 spiro atoms. The molecule has 0 heterocycles. The van der Waals surface area contributed by atoms with Gasteiger partial charge in [-0.2, -0.15) is 0 Å². The van der Waals surface area contributed by atoms with Crippen molar-refractivity contribution in [2.45, 2.75) is 6.42 Å². The normalized spacial score (nSPS) is 10.0. The van der Waals surface area contributed by atoms with E-state index in [0.29, 0.717) is 6.54 Å². The standard InChI is InChI=1S/C8H9IN2O2/c9-8-5-7(11(12)13)2-1-6(8)3-4-10/h1-2,5H,3-4,10H2. The summed E-state index contributed by atoms with van der Waals surface area (Å²) in [6.07, 6.45) is 0.760. The summed E-state index contributed by atoms with van der Waals surface area (Å²) in [5.74, 6) is 0. The van der Waals surface area contributed by atoms with Gasteiger partial charge in [0.05, 0.1) is 4.92 Å². The Kier molecular flexibility index (Phi) is 3.61. The Bertz CT molecular complexity index is 328. The highest BCUT2D eigenvalue weighted by atomic mass is 127. The highest BCUT2D eigenvalue weighted by molar-refractivity contribution is 14.1. The van der Waals surface area contributed by atoms with Crippen LogP contribution in [0.4, 0.5) is 5.69 Å². The molecule has 0 bridgehead atoms. The van der Waals surface area contributed by atoms with E-state index in [2.05, 4.69) is 22.6 Å². The van der Waals surface area contributed by atoms with Gasteiger partial charge in [-0.1, -0.05) is 6.07 Å². The highest BCUT2D eigenvalue weighted by Gasteiger charge is 2.07. The maximum Gasteiger partial charge on any atom is 0.270 e. The predicted molar refractivity (Wildman–Crippen MR) is 58.6 cm³/mol. The Morgan fingerprint density at radius 3 is 2.69 bits per heavy atom. The largest absolute Gasteiger partial charge is 0.330 e. The smallest absolute Gasteiger partial charge is 0.270 e. The molecule has 0 unspecified atom stereocenters. The van der Waals surface area contributed by atoms with Crippen LogP contribution in [-0.4, -0.2) is 11.5 Å². The van der Waals surface area contributed by atoms with Gasteiger partial charge in [0.2, 0.25) is 0 Å². The molecule has 0 radical (unpaired) electrons. The Hall–Kier alpha value is -0.690. The Balaban J connectivity index is 2.98. The number of non-ortho nitro benzene ring substituents is 1. The third kappa shape index (κ3) is 2.63. The van der Waals surface area contributed by atoms with Crippen molar-refractivity contribution in [1.82, 2.24) is 0 Å². The summed E-state index contributed by atoms with van der Waals surface area (Å²) in [6, 6.07) is 4.82. The maximum absolute atomic E-state index is 10.4. The molecule has 1 aromatic carbocycles. The van der Waals surface area contributed by atoms with Gasteiger partial charge in [0.15, 0.2) is 0 Å². The van der Waals surface area contributed by atoms with Crippen molar-refractivity contribution in [1.29, 1.82) is 0 Å². The van der Waals surface area contributed by atoms with E-state index < -0.39 is 4.92 Å². The maximum atomic E-state index is 10.4. The van der Waals surface area contributed by atoms with E-state index in [4.69, 9.17) is 5.73 Å². The SMILES string of the molecule is NCCc1ccc([N+](=O)[O-])cc1I. The number of nitrogens with zero attached hydrogens (tertiary/aromatic N) is 1. The number of benzene rings is 1. The number of nitrogens with two attached hydrogens (primary N) is 1. The second-order valence-corrected chi connectivity index (χ2v) is 3.73. The van der Waals surface area contributed by atoms with E-state index in [1.807, 2.05) is 0 Å². The van der Waals surface area contributed by atoms with Crippen molar-refractivity contribution in [2.75, 3.05) is 6.54 Å². The molecule has 2 N–H and O–H groups in total. The van der Waals surface area contributed by atoms with Crippen LogP contribution in [0.1, 0.15) is 5.56 Å². The van der Waals surface area contributed by atoms with Crippen LogP contribution in [0.15, 0.2) is 18.2 Å². The minimum absolute atomic E-state index is 0.130. The Morgan fingerprint density at radius 2 is 2.23 bits per heavy atom. The number of hydrogen-bond acceptors (Lipinski definition) is 3. The second kappa shape index (κ2) is 4.52. The van der Waals surface area contributed by atoms with Crippen LogP contribution in [0.2, 0.25) is 0 Å². The lowest BCUT2D eigenvalue weighted by atomic mass is 10.1. The zero-order valence-electron chi connectivity index (χ0n) is 6.87.